The topological polar surface area (TPSA) is 46.2 Å². The molecular formula is C23H43NO2SSn. The van der Waals surface area contributed by atoms with E-state index in [-0.39, 0.29) is 4.06 Å². The van der Waals surface area contributed by atoms with Gasteiger partial charge in [-0.05, 0) is 0 Å². The average molecular weight is 516 g/mol. The SMILES string of the molecule is CCC[CH2][Sn]([CH2]CCC)([CH2]CCC)[C@@H](NS(=O)(=O)C(C)(C)C)c1ccccc1. The van der Waals surface area contributed by atoms with Gasteiger partial charge in [-0.1, -0.05) is 0 Å². The van der Waals surface area contributed by atoms with Crippen LogP contribution in [0.5, 0.6) is 0 Å². The van der Waals surface area contributed by atoms with E-state index in [0.29, 0.717) is 0 Å². The molecule has 0 saturated carbocycles. The van der Waals surface area contributed by atoms with Crippen molar-refractivity contribution in [3.8, 4) is 0 Å². The van der Waals surface area contributed by atoms with Gasteiger partial charge in [-0.25, -0.2) is 0 Å². The standard InChI is InChI=1S/C11H16NO2S.3C4H9.Sn/c1-11(2,3)15(13,14)12-9-10-7-5-4-6-8-10;3*1-3-4-2;/h4-9,12H,1-3H3;3*1,3-4H2,2H3;. The van der Waals surface area contributed by atoms with E-state index in [0.717, 1.165) is 0 Å². The van der Waals surface area contributed by atoms with E-state index in [1.807, 2.05) is 6.07 Å². The Morgan fingerprint density at radius 2 is 1.29 bits per heavy atom. The average Bonchev–Trinajstić information content (AvgIpc) is 2.66. The van der Waals surface area contributed by atoms with Crippen LogP contribution in [0.25, 0.3) is 0 Å². The molecule has 0 bridgehead atoms. The van der Waals surface area contributed by atoms with Gasteiger partial charge in [-0.3, -0.25) is 0 Å². The van der Waals surface area contributed by atoms with Gasteiger partial charge in [0.05, 0.1) is 0 Å². The van der Waals surface area contributed by atoms with Crippen LogP contribution in [0.2, 0.25) is 13.3 Å². The molecule has 5 heteroatoms. The third-order valence-electron chi connectivity index (χ3n) is 5.91. The van der Waals surface area contributed by atoms with Crippen molar-refractivity contribution in [3.05, 3.63) is 35.9 Å². The fourth-order valence-electron chi connectivity index (χ4n) is 3.92. The van der Waals surface area contributed by atoms with Crippen molar-refractivity contribution in [1.29, 1.82) is 0 Å². The maximum atomic E-state index is 13.2. The molecule has 1 aromatic rings. The van der Waals surface area contributed by atoms with Gasteiger partial charge in [0.15, 0.2) is 0 Å². The molecule has 0 aliphatic carbocycles. The van der Waals surface area contributed by atoms with E-state index in [9.17, 15) is 8.42 Å². The molecule has 1 rings (SSSR count). The third kappa shape index (κ3) is 7.32. The molecule has 1 atom stereocenters. The molecule has 0 heterocycles. The van der Waals surface area contributed by atoms with Gasteiger partial charge >= 0.3 is 180 Å². The summed E-state index contributed by atoms with van der Waals surface area (Å²) in [6.45, 7) is 12.2. The van der Waals surface area contributed by atoms with Crippen molar-refractivity contribution in [2.75, 3.05) is 0 Å². The van der Waals surface area contributed by atoms with Crippen molar-refractivity contribution >= 4 is 28.4 Å². The molecule has 0 amide bonds. The van der Waals surface area contributed by atoms with Crippen molar-refractivity contribution in [1.82, 2.24) is 4.72 Å². The number of sulfonamides is 1. The van der Waals surface area contributed by atoms with Crippen molar-refractivity contribution in [2.45, 2.75) is 102 Å². The Kier molecular flexibility index (Phi) is 11.1. The van der Waals surface area contributed by atoms with Gasteiger partial charge in [0, 0.05) is 0 Å². The van der Waals surface area contributed by atoms with Crippen LogP contribution in [0, 0.1) is 0 Å². The zero-order valence-electron chi connectivity index (χ0n) is 19.1. The third-order valence-corrected chi connectivity index (χ3v) is 25.1. The Labute approximate surface area is 179 Å². The van der Waals surface area contributed by atoms with Gasteiger partial charge in [-0.2, -0.15) is 0 Å². The van der Waals surface area contributed by atoms with Crippen LogP contribution in [0.3, 0.4) is 0 Å². The fourth-order valence-corrected chi connectivity index (χ4v) is 24.7. The predicted molar refractivity (Wildman–Crippen MR) is 126 cm³/mol. The Hall–Kier alpha value is -0.0713. The first kappa shape index (κ1) is 26.0. The molecular weight excluding hydrogens is 473 g/mol. The molecule has 0 spiro atoms. The molecule has 0 aliphatic heterocycles. The van der Waals surface area contributed by atoms with E-state index in [2.05, 4.69) is 49.8 Å². The zero-order chi connectivity index (χ0) is 21.3. The van der Waals surface area contributed by atoms with E-state index in [1.54, 1.807) is 20.8 Å². The molecule has 28 heavy (non-hydrogen) atoms. The van der Waals surface area contributed by atoms with Crippen LogP contribution in [0.1, 0.15) is 89.7 Å². The summed E-state index contributed by atoms with van der Waals surface area (Å²) in [5.41, 5.74) is 1.19. The molecule has 162 valence electrons. The molecule has 0 radical (unpaired) electrons. The summed E-state index contributed by atoms with van der Waals surface area (Å²) < 4.78 is 32.8. The molecule has 0 fully saturated rings. The van der Waals surface area contributed by atoms with Gasteiger partial charge in [0.1, 0.15) is 0 Å². The van der Waals surface area contributed by atoms with Crippen molar-refractivity contribution < 1.29 is 8.42 Å². The first-order valence-electron chi connectivity index (χ1n) is 11.2. The summed E-state index contributed by atoms with van der Waals surface area (Å²) in [6, 6.07) is 10.4. The number of nitrogens with one attached hydrogen (secondary N) is 1. The summed E-state index contributed by atoms with van der Waals surface area (Å²) in [6.07, 6.45) is 7.23. The Bertz CT molecular complexity index is 631. The van der Waals surface area contributed by atoms with Gasteiger partial charge < -0.3 is 0 Å². The molecule has 0 aliphatic rings. The number of benzene rings is 1. The van der Waals surface area contributed by atoms with Crippen LogP contribution in [0.4, 0.5) is 0 Å². The Morgan fingerprint density at radius 1 is 0.857 bits per heavy atom. The number of rotatable bonds is 13. The first-order valence-corrected chi connectivity index (χ1v) is 20.4. The molecule has 3 nitrogen and oxygen atoms in total. The van der Waals surface area contributed by atoms with Crippen molar-refractivity contribution in [2.24, 2.45) is 0 Å². The summed E-state index contributed by atoms with van der Waals surface area (Å²) in [5, 5.41) is 0. The minimum atomic E-state index is -3.40. The van der Waals surface area contributed by atoms with Crippen molar-refractivity contribution in [3.63, 3.8) is 0 Å². The predicted octanol–water partition coefficient (Wildman–Crippen LogP) is 6.83. The van der Waals surface area contributed by atoms with E-state index < -0.39 is 33.1 Å². The number of unbranched alkanes of at least 4 members (excludes halogenated alkanes) is 3. The zero-order valence-corrected chi connectivity index (χ0v) is 22.7. The van der Waals surface area contributed by atoms with E-state index in [4.69, 9.17) is 0 Å². The summed E-state index contributed by atoms with van der Waals surface area (Å²) in [5.74, 6) is 0. The van der Waals surface area contributed by atoms with Crippen LogP contribution in [-0.2, 0) is 10.0 Å². The van der Waals surface area contributed by atoms with Gasteiger partial charge in [0.2, 0.25) is 0 Å². The monoisotopic (exact) mass is 517 g/mol. The Morgan fingerprint density at radius 3 is 1.64 bits per heavy atom. The second-order valence-electron chi connectivity index (χ2n) is 9.25. The van der Waals surface area contributed by atoms with Crippen LogP contribution >= 0.6 is 0 Å². The second kappa shape index (κ2) is 11.9. The van der Waals surface area contributed by atoms with Crippen LogP contribution in [0.15, 0.2) is 30.3 Å². The molecule has 0 saturated heterocycles. The molecule has 1 N–H and O–H groups in total. The summed E-state index contributed by atoms with van der Waals surface area (Å²) in [4.78, 5) is 0. The normalized spacial score (nSPS) is 14.2. The van der Waals surface area contributed by atoms with Gasteiger partial charge in [-0.15, -0.1) is 0 Å². The number of hydrogen-bond acceptors (Lipinski definition) is 2. The van der Waals surface area contributed by atoms with Gasteiger partial charge in [0.25, 0.3) is 0 Å². The fraction of sp³-hybridized carbons (Fsp3) is 0.739. The summed E-state index contributed by atoms with van der Waals surface area (Å²) >= 11 is -2.86. The maximum absolute atomic E-state index is 13.2. The van der Waals surface area contributed by atoms with E-state index in [1.165, 1.54) is 57.4 Å². The Balaban J connectivity index is 3.50. The first-order chi connectivity index (χ1) is 13.1. The molecule has 1 aromatic carbocycles. The van der Waals surface area contributed by atoms with Crippen LogP contribution in [-0.4, -0.2) is 31.5 Å². The quantitative estimate of drug-likeness (QED) is 0.292. The molecule has 0 unspecified atom stereocenters. The minimum absolute atomic E-state index is 0.0318. The molecule has 0 aromatic heterocycles. The van der Waals surface area contributed by atoms with Crippen LogP contribution < -0.4 is 4.72 Å². The number of hydrogen-bond donors (Lipinski definition) is 1. The van der Waals surface area contributed by atoms with E-state index >= 15 is 0 Å². The second-order valence-corrected chi connectivity index (χ2v) is 25.4. The summed E-state index contributed by atoms with van der Waals surface area (Å²) in [7, 11) is -3.40.